The molecule has 0 fully saturated rings. The molecule has 3 aromatic carbocycles. The van der Waals surface area contributed by atoms with Crippen LogP contribution >= 0.6 is 0 Å². The third-order valence-corrected chi connectivity index (χ3v) is 5.13. The number of hydrogen-bond donors (Lipinski definition) is 1. The third-order valence-electron chi connectivity index (χ3n) is 5.13. The first-order chi connectivity index (χ1) is 14.5. The highest BCUT2D eigenvalue weighted by Crippen LogP contribution is 2.27. The van der Waals surface area contributed by atoms with E-state index in [1.54, 1.807) is 12.1 Å². The lowest BCUT2D eigenvalue weighted by Gasteiger charge is -2.08. The number of amides is 1. The highest BCUT2D eigenvalue weighted by molar-refractivity contribution is 5.94. The normalized spacial score (nSPS) is 10.9. The van der Waals surface area contributed by atoms with E-state index in [1.165, 1.54) is 16.7 Å². The van der Waals surface area contributed by atoms with Crippen LogP contribution in [0.4, 0.5) is 5.69 Å². The number of anilines is 1. The molecule has 4 rings (SSSR count). The fraction of sp³-hybridized carbons (Fsp3) is 0.200. The second-order valence-electron chi connectivity index (χ2n) is 7.33. The van der Waals surface area contributed by atoms with Gasteiger partial charge >= 0.3 is 0 Å². The van der Waals surface area contributed by atoms with Crippen molar-refractivity contribution < 1.29 is 13.9 Å². The number of hydrogen-bond acceptors (Lipinski definition) is 4. The number of carbonyl (C=O) groups excluding carboxylic acids is 1. The van der Waals surface area contributed by atoms with Gasteiger partial charge in [0.2, 0.25) is 5.89 Å². The van der Waals surface area contributed by atoms with Crippen LogP contribution in [0.25, 0.3) is 22.6 Å². The van der Waals surface area contributed by atoms with Gasteiger partial charge in [0.15, 0.2) is 12.2 Å². The molecule has 4 aromatic rings. The van der Waals surface area contributed by atoms with E-state index in [2.05, 4.69) is 43.2 Å². The van der Waals surface area contributed by atoms with Gasteiger partial charge in [0.25, 0.3) is 5.91 Å². The van der Waals surface area contributed by atoms with Crippen LogP contribution in [-0.2, 0) is 11.2 Å². The van der Waals surface area contributed by atoms with Crippen molar-refractivity contribution in [3.63, 3.8) is 0 Å². The molecule has 0 spiro atoms. The largest absolute Gasteiger partial charge is 0.484 e. The zero-order valence-electron chi connectivity index (χ0n) is 17.4. The maximum Gasteiger partial charge on any atom is 0.262 e. The van der Waals surface area contributed by atoms with Crippen molar-refractivity contribution in [2.24, 2.45) is 0 Å². The molecular weight excluding hydrogens is 376 g/mol. The summed E-state index contributed by atoms with van der Waals surface area (Å²) < 4.78 is 11.4. The average molecular weight is 400 g/mol. The molecule has 0 saturated carbocycles. The Morgan fingerprint density at radius 1 is 1.00 bits per heavy atom. The minimum absolute atomic E-state index is 0.0593. The Morgan fingerprint density at radius 2 is 1.80 bits per heavy atom. The van der Waals surface area contributed by atoms with Gasteiger partial charge in [-0.3, -0.25) is 4.79 Å². The van der Waals surface area contributed by atoms with E-state index in [0.29, 0.717) is 28.4 Å². The smallest absolute Gasteiger partial charge is 0.262 e. The van der Waals surface area contributed by atoms with Gasteiger partial charge in [-0.2, -0.15) is 0 Å². The fourth-order valence-electron chi connectivity index (χ4n) is 3.17. The summed E-state index contributed by atoms with van der Waals surface area (Å²) in [5.41, 5.74) is 6.59. The zero-order valence-corrected chi connectivity index (χ0v) is 17.4. The van der Waals surface area contributed by atoms with E-state index in [9.17, 15) is 4.79 Å². The lowest BCUT2D eigenvalue weighted by atomic mass is 10.1. The molecule has 1 heterocycles. The molecular formula is C25H24N2O3. The number of aryl methyl sites for hydroxylation is 3. The Balaban J connectivity index is 1.43. The molecule has 0 bridgehead atoms. The summed E-state index contributed by atoms with van der Waals surface area (Å²) >= 11 is 0. The fourth-order valence-corrected chi connectivity index (χ4v) is 3.17. The van der Waals surface area contributed by atoms with E-state index >= 15 is 0 Å². The number of nitrogens with one attached hydrogen (secondary N) is 1. The van der Waals surface area contributed by atoms with Crippen LogP contribution in [-0.4, -0.2) is 17.5 Å². The Labute approximate surface area is 175 Å². The van der Waals surface area contributed by atoms with Gasteiger partial charge in [0.05, 0.1) is 0 Å². The summed E-state index contributed by atoms with van der Waals surface area (Å²) in [6.45, 7) is 6.18. The second-order valence-corrected chi connectivity index (χ2v) is 7.33. The van der Waals surface area contributed by atoms with Gasteiger partial charge < -0.3 is 14.5 Å². The van der Waals surface area contributed by atoms with E-state index in [1.807, 2.05) is 36.4 Å². The van der Waals surface area contributed by atoms with E-state index in [-0.39, 0.29) is 12.5 Å². The lowest BCUT2D eigenvalue weighted by Crippen LogP contribution is -2.20. The minimum atomic E-state index is -0.230. The zero-order chi connectivity index (χ0) is 21.1. The maximum atomic E-state index is 12.3. The minimum Gasteiger partial charge on any atom is -0.484 e. The Kier molecular flexibility index (Phi) is 5.53. The standard InChI is InChI=1S/C25H24N2O3/c1-4-18-6-10-21(11-7-18)29-15-24(28)26-20-9-12-23-22(14-20)27-25(30-23)19-8-5-16(2)17(3)13-19/h5-14H,4,15H2,1-3H3,(H,26,28). The van der Waals surface area contributed by atoms with Gasteiger partial charge in [-0.25, -0.2) is 4.98 Å². The van der Waals surface area contributed by atoms with Crippen molar-refractivity contribution in [2.75, 3.05) is 11.9 Å². The first-order valence-electron chi connectivity index (χ1n) is 10.0. The SMILES string of the molecule is CCc1ccc(OCC(=O)Nc2ccc3oc(-c4ccc(C)c(C)c4)nc3c2)cc1. The summed E-state index contributed by atoms with van der Waals surface area (Å²) in [4.78, 5) is 16.8. The van der Waals surface area contributed by atoms with Crippen molar-refractivity contribution in [3.05, 3.63) is 77.4 Å². The molecule has 0 aliphatic heterocycles. The number of oxazole rings is 1. The van der Waals surface area contributed by atoms with Gasteiger partial charge in [0.1, 0.15) is 11.3 Å². The van der Waals surface area contributed by atoms with Crippen LogP contribution in [0.2, 0.25) is 0 Å². The Hall–Kier alpha value is -3.60. The van der Waals surface area contributed by atoms with Crippen molar-refractivity contribution >= 4 is 22.7 Å². The first kappa shape index (κ1) is 19.7. The van der Waals surface area contributed by atoms with Gasteiger partial charge in [-0.05, 0) is 79.4 Å². The van der Waals surface area contributed by atoms with Crippen LogP contribution in [0.15, 0.2) is 65.1 Å². The highest BCUT2D eigenvalue weighted by Gasteiger charge is 2.11. The van der Waals surface area contributed by atoms with Crippen molar-refractivity contribution in [3.8, 4) is 17.2 Å². The van der Waals surface area contributed by atoms with Gasteiger partial charge in [-0.1, -0.05) is 25.1 Å². The Bertz CT molecular complexity index is 1190. The number of benzene rings is 3. The molecule has 0 aliphatic rings. The quantitative estimate of drug-likeness (QED) is 0.451. The third kappa shape index (κ3) is 4.35. The van der Waals surface area contributed by atoms with E-state index < -0.39 is 0 Å². The van der Waals surface area contributed by atoms with Crippen molar-refractivity contribution in [1.82, 2.24) is 4.98 Å². The predicted octanol–water partition coefficient (Wildman–Crippen LogP) is 5.69. The molecule has 1 N–H and O–H groups in total. The van der Waals surface area contributed by atoms with Gasteiger partial charge in [0, 0.05) is 11.3 Å². The van der Waals surface area contributed by atoms with Crippen LogP contribution in [0.3, 0.4) is 0 Å². The number of fused-ring (bicyclic) bond motifs is 1. The van der Waals surface area contributed by atoms with Crippen molar-refractivity contribution in [1.29, 1.82) is 0 Å². The summed E-state index contributed by atoms with van der Waals surface area (Å²) in [6.07, 6.45) is 0.969. The number of rotatable bonds is 6. The van der Waals surface area contributed by atoms with Crippen LogP contribution in [0.5, 0.6) is 5.75 Å². The molecule has 152 valence electrons. The second kappa shape index (κ2) is 8.41. The molecule has 0 saturated heterocycles. The molecule has 1 amide bonds. The maximum absolute atomic E-state index is 12.3. The number of aromatic nitrogens is 1. The molecule has 5 nitrogen and oxygen atoms in total. The van der Waals surface area contributed by atoms with Gasteiger partial charge in [-0.15, -0.1) is 0 Å². The molecule has 0 radical (unpaired) electrons. The van der Waals surface area contributed by atoms with E-state index in [0.717, 1.165) is 12.0 Å². The number of carbonyl (C=O) groups is 1. The summed E-state index contributed by atoms with van der Waals surface area (Å²) in [7, 11) is 0. The molecule has 5 heteroatoms. The molecule has 30 heavy (non-hydrogen) atoms. The number of ether oxygens (including phenoxy) is 1. The monoisotopic (exact) mass is 400 g/mol. The highest BCUT2D eigenvalue weighted by atomic mass is 16.5. The summed E-state index contributed by atoms with van der Waals surface area (Å²) in [5, 5.41) is 2.85. The van der Waals surface area contributed by atoms with E-state index in [4.69, 9.17) is 9.15 Å². The summed E-state index contributed by atoms with van der Waals surface area (Å²) in [5.74, 6) is 1.01. The van der Waals surface area contributed by atoms with Crippen LogP contribution in [0, 0.1) is 13.8 Å². The number of nitrogens with zero attached hydrogens (tertiary/aromatic N) is 1. The van der Waals surface area contributed by atoms with Crippen LogP contribution < -0.4 is 10.1 Å². The van der Waals surface area contributed by atoms with Crippen LogP contribution in [0.1, 0.15) is 23.6 Å². The topological polar surface area (TPSA) is 64.4 Å². The Morgan fingerprint density at radius 3 is 2.53 bits per heavy atom. The average Bonchev–Trinajstić information content (AvgIpc) is 3.18. The molecule has 0 atom stereocenters. The van der Waals surface area contributed by atoms with Crippen molar-refractivity contribution in [2.45, 2.75) is 27.2 Å². The molecule has 0 unspecified atom stereocenters. The lowest BCUT2D eigenvalue weighted by molar-refractivity contribution is -0.118. The summed E-state index contributed by atoms with van der Waals surface area (Å²) in [6, 6.07) is 19.3. The predicted molar refractivity (Wildman–Crippen MR) is 119 cm³/mol. The molecule has 0 aliphatic carbocycles. The first-order valence-corrected chi connectivity index (χ1v) is 10.0. The molecule has 1 aromatic heterocycles.